The van der Waals surface area contributed by atoms with Crippen LogP contribution < -0.4 is 11.5 Å². The third-order valence-corrected chi connectivity index (χ3v) is 3.30. The second-order valence-electron chi connectivity index (χ2n) is 5.08. The highest BCUT2D eigenvalue weighted by molar-refractivity contribution is 5.53. The van der Waals surface area contributed by atoms with Gasteiger partial charge in [-0.15, -0.1) is 0 Å². The van der Waals surface area contributed by atoms with Gasteiger partial charge in [0.05, 0.1) is 0 Å². The molecule has 0 amide bonds. The minimum absolute atomic E-state index is 0.536. The van der Waals surface area contributed by atoms with E-state index in [4.69, 9.17) is 26.5 Å². The van der Waals surface area contributed by atoms with Crippen LogP contribution in [0.5, 0.6) is 0 Å². The molecule has 0 atom stereocenters. The summed E-state index contributed by atoms with van der Waals surface area (Å²) in [6.45, 7) is 0. The summed E-state index contributed by atoms with van der Waals surface area (Å²) >= 11 is 0. The molecule has 108 valence electrons. The summed E-state index contributed by atoms with van der Waals surface area (Å²) in [6, 6.07) is 1.07. The first kappa shape index (κ1) is 17.2. The standard InChI is InChI=1S/2C6H13N.CH2O3/c2*7-6-4-2-1-3-5-6;2-1(3)4/h2*6H,1-5,7H2;(H2,2,3,4). The van der Waals surface area contributed by atoms with Crippen molar-refractivity contribution >= 4 is 6.16 Å². The lowest BCUT2D eigenvalue weighted by Gasteiger charge is -2.15. The van der Waals surface area contributed by atoms with Gasteiger partial charge in [-0.1, -0.05) is 38.5 Å². The Morgan fingerprint density at radius 2 is 0.944 bits per heavy atom. The van der Waals surface area contributed by atoms with E-state index in [1.807, 2.05) is 0 Å². The van der Waals surface area contributed by atoms with Gasteiger partial charge < -0.3 is 21.7 Å². The van der Waals surface area contributed by atoms with Crippen LogP contribution in [0.2, 0.25) is 0 Å². The number of hydrogen-bond donors (Lipinski definition) is 4. The molecule has 0 aromatic carbocycles. The smallest absolute Gasteiger partial charge is 0.450 e. The Morgan fingerprint density at radius 1 is 0.722 bits per heavy atom. The van der Waals surface area contributed by atoms with E-state index in [1.165, 1.54) is 64.2 Å². The first-order chi connectivity index (χ1) is 8.52. The average molecular weight is 260 g/mol. The van der Waals surface area contributed by atoms with Crippen molar-refractivity contribution in [2.45, 2.75) is 76.3 Å². The lowest BCUT2D eigenvalue weighted by molar-refractivity contribution is 0.137. The maximum Gasteiger partial charge on any atom is 0.503 e. The summed E-state index contributed by atoms with van der Waals surface area (Å²) in [5, 5.41) is 13.9. The molecule has 5 heteroatoms. The number of rotatable bonds is 0. The van der Waals surface area contributed by atoms with Crippen LogP contribution in [0.3, 0.4) is 0 Å². The summed E-state index contributed by atoms with van der Waals surface area (Å²) in [7, 11) is 0. The lowest BCUT2D eigenvalue weighted by Crippen LogP contribution is -2.22. The molecule has 0 aromatic heterocycles. The fourth-order valence-electron chi connectivity index (χ4n) is 2.27. The van der Waals surface area contributed by atoms with Gasteiger partial charge in [-0.3, -0.25) is 0 Å². The van der Waals surface area contributed by atoms with Gasteiger partial charge in [0, 0.05) is 12.1 Å². The molecule has 0 aliphatic heterocycles. The van der Waals surface area contributed by atoms with Gasteiger partial charge in [-0.2, -0.15) is 0 Å². The summed E-state index contributed by atoms with van der Waals surface area (Å²) in [6.07, 6.45) is 11.5. The highest BCUT2D eigenvalue weighted by Crippen LogP contribution is 2.15. The van der Waals surface area contributed by atoms with E-state index >= 15 is 0 Å². The van der Waals surface area contributed by atoms with E-state index in [1.54, 1.807) is 0 Å². The van der Waals surface area contributed by atoms with E-state index in [2.05, 4.69) is 0 Å². The Labute approximate surface area is 110 Å². The zero-order chi connectivity index (χ0) is 13.8. The molecule has 0 heterocycles. The van der Waals surface area contributed by atoms with Crippen molar-refractivity contribution in [3.8, 4) is 0 Å². The molecular formula is C13H28N2O3. The van der Waals surface area contributed by atoms with Crippen LogP contribution in [0.15, 0.2) is 0 Å². The molecule has 2 saturated carbocycles. The molecule has 0 saturated heterocycles. The Kier molecular flexibility index (Phi) is 10.8. The molecule has 0 unspecified atom stereocenters. The Hall–Kier alpha value is -0.810. The van der Waals surface area contributed by atoms with Crippen LogP contribution in [0.25, 0.3) is 0 Å². The van der Waals surface area contributed by atoms with E-state index in [9.17, 15) is 0 Å². The van der Waals surface area contributed by atoms with Gasteiger partial charge in [-0.05, 0) is 25.7 Å². The van der Waals surface area contributed by atoms with Gasteiger partial charge in [0.25, 0.3) is 0 Å². The van der Waals surface area contributed by atoms with Crippen molar-refractivity contribution in [2.24, 2.45) is 11.5 Å². The minimum Gasteiger partial charge on any atom is -0.450 e. The number of carboxylic acid groups (broad SMARTS) is 2. The van der Waals surface area contributed by atoms with Crippen LogP contribution in [-0.4, -0.2) is 28.5 Å². The summed E-state index contributed by atoms with van der Waals surface area (Å²) < 4.78 is 0. The molecule has 6 N–H and O–H groups in total. The zero-order valence-corrected chi connectivity index (χ0v) is 11.2. The monoisotopic (exact) mass is 260 g/mol. The van der Waals surface area contributed by atoms with Crippen molar-refractivity contribution in [1.29, 1.82) is 0 Å². The third kappa shape index (κ3) is 13.3. The molecule has 0 radical (unpaired) electrons. The van der Waals surface area contributed by atoms with Gasteiger partial charge >= 0.3 is 6.16 Å². The molecule has 18 heavy (non-hydrogen) atoms. The fraction of sp³-hybridized carbons (Fsp3) is 0.923. The molecule has 2 aliphatic rings. The molecule has 2 aliphatic carbocycles. The van der Waals surface area contributed by atoms with Crippen LogP contribution in [0.1, 0.15) is 64.2 Å². The maximum atomic E-state index is 8.56. The molecule has 0 aromatic rings. The van der Waals surface area contributed by atoms with Crippen LogP contribution in [0.4, 0.5) is 4.79 Å². The molecule has 0 spiro atoms. The highest BCUT2D eigenvalue weighted by atomic mass is 16.6. The first-order valence-corrected chi connectivity index (χ1v) is 6.95. The number of carbonyl (C=O) groups is 1. The predicted octanol–water partition coefficient (Wildman–Crippen LogP) is 2.78. The summed E-state index contributed by atoms with van der Waals surface area (Å²) in [5.74, 6) is 0. The highest BCUT2D eigenvalue weighted by Gasteiger charge is 2.06. The van der Waals surface area contributed by atoms with E-state index in [-0.39, 0.29) is 0 Å². The van der Waals surface area contributed by atoms with Gasteiger partial charge in [0.2, 0.25) is 0 Å². The average Bonchev–Trinajstić information content (AvgIpc) is 2.31. The first-order valence-electron chi connectivity index (χ1n) is 6.95. The SMILES string of the molecule is NC1CCCCC1.NC1CCCCC1.O=C(O)O. The van der Waals surface area contributed by atoms with E-state index in [0.717, 1.165) is 0 Å². The van der Waals surface area contributed by atoms with Gasteiger partial charge in [0.1, 0.15) is 0 Å². The molecule has 0 bridgehead atoms. The molecule has 2 fully saturated rings. The second-order valence-corrected chi connectivity index (χ2v) is 5.08. The Morgan fingerprint density at radius 3 is 1.06 bits per heavy atom. The van der Waals surface area contributed by atoms with Crippen LogP contribution in [-0.2, 0) is 0 Å². The second kappa shape index (κ2) is 11.3. The molecule has 2 rings (SSSR count). The molecular weight excluding hydrogens is 232 g/mol. The van der Waals surface area contributed by atoms with Crippen molar-refractivity contribution < 1.29 is 15.0 Å². The molecule has 5 nitrogen and oxygen atoms in total. The number of nitrogens with two attached hydrogens (primary N) is 2. The maximum absolute atomic E-state index is 8.56. The van der Waals surface area contributed by atoms with Gasteiger partial charge in [-0.25, -0.2) is 4.79 Å². The Bertz CT molecular complexity index is 180. The van der Waals surface area contributed by atoms with Crippen molar-refractivity contribution in [3.05, 3.63) is 0 Å². The van der Waals surface area contributed by atoms with Crippen molar-refractivity contribution in [3.63, 3.8) is 0 Å². The Balaban J connectivity index is 0.000000253. The van der Waals surface area contributed by atoms with Crippen molar-refractivity contribution in [2.75, 3.05) is 0 Å². The summed E-state index contributed by atoms with van der Waals surface area (Å²) in [5.41, 5.74) is 11.3. The number of hydrogen-bond acceptors (Lipinski definition) is 3. The van der Waals surface area contributed by atoms with Crippen LogP contribution >= 0.6 is 0 Å². The zero-order valence-electron chi connectivity index (χ0n) is 11.2. The van der Waals surface area contributed by atoms with Crippen molar-refractivity contribution in [1.82, 2.24) is 0 Å². The fourth-order valence-corrected chi connectivity index (χ4v) is 2.27. The lowest BCUT2D eigenvalue weighted by atomic mass is 9.97. The summed E-state index contributed by atoms with van der Waals surface area (Å²) in [4.78, 5) is 8.56. The van der Waals surface area contributed by atoms with E-state index in [0.29, 0.717) is 12.1 Å². The normalized spacial score (nSPS) is 21.0. The largest absolute Gasteiger partial charge is 0.503 e. The predicted molar refractivity (Wildman–Crippen MR) is 72.8 cm³/mol. The van der Waals surface area contributed by atoms with Crippen LogP contribution in [0, 0.1) is 0 Å². The van der Waals surface area contributed by atoms with E-state index < -0.39 is 6.16 Å². The quantitative estimate of drug-likeness (QED) is 0.535. The third-order valence-electron chi connectivity index (χ3n) is 3.30. The minimum atomic E-state index is -1.83. The van der Waals surface area contributed by atoms with Gasteiger partial charge in [0.15, 0.2) is 0 Å². The topological polar surface area (TPSA) is 110 Å².